The highest BCUT2D eigenvalue weighted by Crippen LogP contribution is 2.29. The Labute approximate surface area is 208 Å². The Morgan fingerprint density at radius 2 is 1.92 bits per heavy atom. The molecule has 0 aliphatic carbocycles. The van der Waals surface area contributed by atoms with Gasteiger partial charge >= 0.3 is 6.18 Å². The monoisotopic (exact) mass is 507 g/mol. The number of rotatable bonds is 5. The van der Waals surface area contributed by atoms with Crippen molar-refractivity contribution in [2.45, 2.75) is 50.6 Å². The zero-order valence-corrected chi connectivity index (χ0v) is 20.2. The first kappa shape index (κ1) is 27.5. The number of carbonyl (C=O) groups excluding carboxylic acids is 2. The highest BCUT2D eigenvalue weighted by molar-refractivity contribution is 5.84. The molecule has 2 amide bonds. The third-order valence-electron chi connectivity index (χ3n) is 6.00. The van der Waals surface area contributed by atoms with Crippen molar-refractivity contribution in [3.63, 3.8) is 0 Å². The number of ether oxygens (including phenoxy) is 1. The SMILES string of the molecule is CN1CC(=O)NCCc2ccc(cc2)OC(C(O)CNCc2cccc(C(F)(F)F)c2)CCCC1=O. The van der Waals surface area contributed by atoms with Crippen LogP contribution in [0.3, 0.4) is 0 Å². The number of halogens is 3. The Bertz CT molecular complexity index is 1010. The first-order valence-corrected chi connectivity index (χ1v) is 11.9. The number of amides is 2. The molecule has 2 heterocycles. The van der Waals surface area contributed by atoms with Gasteiger partial charge in [-0.15, -0.1) is 0 Å². The van der Waals surface area contributed by atoms with Gasteiger partial charge in [0.05, 0.1) is 12.1 Å². The summed E-state index contributed by atoms with van der Waals surface area (Å²) in [4.78, 5) is 25.9. The molecule has 7 nitrogen and oxygen atoms in total. The predicted octanol–water partition coefficient (Wildman–Crippen LogP) is 2.90. The summed E-state index contributed by atoms with van der Waals surface area (Å²) in [6.07, 6.45) is -4.41. The van der Waals surface area contributed by atoms with Crippen LogP contribution in [0.25, 0.3) is 0 Å². The van der Waals surface area contributed by atoms with Gasteiger partial charge in [-0.1, -0.05) is 30.3 Å². The zero-order chi connectivity index (χ0) is 26.1. The second-order valence-corrected chi connectivity index (χ2v) is 8.94. The van der Waals surface area contributed by atoms with E-state index < -0.39 is 23.9 Å². The molecular weight excluding hydrogens is 475 g/mol. The molecule has 0 spiro atoms. The van der Waals surface area contributed by atoms with E-state index in [-0.39, 0.29) is 37.9 Å². The summed E-state index contributed by atoms with van der Waals surface area (Å²) >= 11 is 0. The van der Waals surface area contributed by atoms with Gasteiger partial charge in [0.2, 0.25) is 11.8 Å². The molecule has 2 atom stereocenters. The number of aliphatic hydroxyl groups excluding tert-OH is 1. The number of likely N-dealkylation sites (N-methyl/N-ethyl adjacent to an activating group) is 1. The van der Waals surface area contributed by atoms with Crippen molar-refractivity contribution in [3.05, 3.63) is 65.2 Å². The average Bonchev–Trinajstić information content (AvgIpc) is 2.83. The number of nitrogens with one attached hydrogen (secondary N) is 2. The second kappa shape index (κ2) is 12.7. The number of carbonyl (C=O) groups is 2. The Kier molecular flexibility index (Phi) is 9.72. The van der Waals surface area contributed by atoms with Gasteiger partial charge in [-0.2, -0.15) is 13.2 Å². The van der Waals surface area contributed by atoms with Gasteiger partial charge in [0, 0.05) is 33.1 Å². The van der Waals surface area contributed by atoms with Crippen molar-refractivity contribution in [2.75, 3.05) is 26.7 Å². The Morgan fingerprint density at radius 3 is 2.64 bits per heavy atom. The summed E-state index contributed by atoms with van der Waals surface area (Å²) in [5.41, 5.74) is 0.724. The van der Waals surface area contributed by atoms with Gasteiger partial charge in [-0.25, -0.2) is 0 Å². The Balaban J connectivity index is 1.64. The van der Waals surface area contributed by atoms with Crippen LogP contribution < -0.4 is 15.4 Å². The number of fused-ring (bicyclic) bond motifs is 13. The van der Waals surface area contributed by atoms with E-state index in [0.717, 1.165) is 17.7 Å². The Morgan fingerprint density at radius 1 is 1.17 bits per heavy atom. The summed E-state index contributed by atoms with van der Waals surface area (Å²) in [6, 6.07) is 12.4. The van der Waals surface area contributed by atoms with E-state index in [2.05, 4.69) is 10.6 Å². The highest BCUT2D eigenvalue weighted by atomic mass is 19.4. The molecule has 2 aliphatic heterocycles. The predicted molar refractivity (Wildman–Crippen MR) is 128 cm³/mol. The maximum absolute atomic E-state index is 12.9. The van der Waals surface area contributed by atoms with Crippen LogP contribution in [-0.2, 0) is 28.7 Å². The molecule has 2 aromatic rings. The maximum atomic E-state index is 12.9. The Hall–Kier alpha value is -3.11. The lowest BCUT2D eigenvalue weighted by molar-refractivity contribution is -0.137. The minimum atomic E-state index is -4.42. The van der Waals surface area contributed by atoms with E-state index in [1.807, 2.05) is 12.1 Å². The number of alkyl halides is 3. The van der Waals surface area contributed by atoms with Gasteiger partial charge < -0.3 is 25.4 Å². The van der Waals surface area contributed by atoms with Crippen LogP contribution >= 0.6 is 0 Å². The minimum absolute atomic E-state index is 0.0280. The van der Waals surface area contributed by atoms with E-state index in [9.17, 15) is 27.9 Å². The van der Waals surface area contributed by atoms with Crippen molar-refractivity contribution < 1.29 is 32.6 Å². The largest absolute Gasteiger partial charge is 0.488 e. The van der Waals surface area contributed by atoms with Gasteiger partial charge in [0.25, 0.3) is 0 Å². The van der Waals surface area contributed by atoms with Crippen molar-refractivity contribution >= 4 is 11.8 Å². The fourth-order valence-electron chi connectivity index (χ4n) is 3.94. The van der Waals surface area contributed by atoms with E-state index in [4.69, 9.17) is 4.74 Å². The van der Waals surface area contributed by atoms with E-state index >= 15 is 0 Å². The standard InChI is InChI=1S/C26H32F3N3O4/c1-32-17-24(34)31-13-12-18-8-10-21(11-9-18)36-23(6-3-7-25(32)35)22(33)16-30-15-19-4-2-5-20(14-19)26(27,28)29/h2,4-5,8-11,14,22-23,30,33H,3,6-7,12-13,15-17H2,1H3,(H,31,34). The highest BCUT2D eigenvalue weighted by Gasteiger charge is 2.30. The van der Waals surface area contributed by atoms with Crippen LogP contribution in [0.5, 0.6) is 5.75 Å². The van der Waals surface area contributed by atoms with Crippen LogP contribution in [0.15, 0.2) is 48.5 Å². The molecule has 36 heavy (non-hydrogen) atoms. The molecule has 0 saturated carbocycles. The molecule has 2 aliphatic rings. The molecule has 0 saturated heterocycles. The van der Waals surface area contributed by atoms with Crippen molar-refractivity contribution in [1.82, 2.24) is 15.5 Å². The number of nitrogens with zero attached hydrogens (tertiary/aromatic N) is 1. The maximum Gasteiger partial charge on any atom is 0.416 e. The van der Waals surface area contributed by atoms with Gasteiger partial charge in [-0.05, 0) is 48.6 Å². The van der Waals surface area contributed by atoms with Gasteiger partial charge in [-0.3, -0.25) is 9.59 Å². The van der Waals surface area contributed by atoms with Crippen LogP contribution in [0, 0.1) is 0 Å². The normalized spacial score (nSPS) is 19.0. The quantitative estimate of drug-likeness (QED) is 0.579. The number of aliphatic hydroxyl groups is 1. The van der Waals surface area contributed by atoms with Crippen molar-refractivity contribution in [2.24, 2.45) is 0 Å². The summed E-state index contributed by atoms with van der Waals surface area (Å²) in [6.45, 7) is 0.653. The number of hydrogen-bond donors (Lipinski definition) is 3. The summed E-state index contributed by atoms with van der Waals surface area (Å²) in [5, 5.41) is 16.6. The lowest BCUT2D eigenvalue weighted by Gasteiger charge is -2.25. The second-order valence-electron chi connectivity index (χ2n) is 8.94. The van der Waals surface area contributed by atoms with Crippen LogP contribution in [-0.4, -0.2) is 60.7 Å². The fourth-order valence-corrected chi connectivity index (χ4v) is 3.94. The smallest absolute Gasteiger partial charge is 0.416 e. The lowest BCUT2D eigenvalue weighted by atomic mass is 10.1. The molecule has 10 heteroatoms. The van der Waals surface area contributed by atoms with Crippen molar-refractivity contribution in [1.29, 1.82) is 0 Å². The third kappa shape index (κ3) is 8.53. The average molecular weight is 508 g/mol. The summed E-state index contributed by atoms with van der Waals surface area (Å²) in [5.74, 6) is 0.148. The topological polar surface area (TPSA) is 90.9 Å². The van der Waals surface area contributed by atoms with E-state index in [0.29, 0.717) is 37.1 Å². The molecule has 2 unspecified atom stereocenters. The molecule has 4 rings (SSSR count). The first-order valence-electron chi connectivity index (χ1n) is 11.9. The molecule has 2 bridgehead atoms. The van der Waals surface area contributed by atoms with E-state index in [1.54, 1.807) is 25.2 Å². The molecule has 0 aromatic heterocycles. The van der Waals surface area contributed by atoms with Crippen molar-refractivity contribution in [3.8, 4) is 5.75 Å². The molecule has 3 N–H and O–H groups in total. The molecule has 0 radical (unpaired) electrons. The molecule has 196 valence electrons. The summed E-state index contributed by atoms with van der Waals surface area (Å²) < 4.78 is 44.9. The first-order chi connectivity index (χ1) is 17.1. The minimum Gasteiger partial charge on any atom is -0.488 e. The fraction of sp³-hybridized carbons (Fsp3) is 0.462. The zero-order valence-electron chi connectivity index (χ0n) is 20.2. The molecule has 0 fully saturated rings. The molecule has 2 aromatic carbocycles. The lowest BCUT2D eigenvalue weighted by Crippen LogP contribution is -2.40. The summed E-state index contributed by atoms with van der Waals surface area (Å²) in [7, 11) is 1.57. The van der Waals surface area contributed by atoms with Gasteiger partial charge in [0.1, 0.15) is 18.0 Å². The number of hydrogen-bond acceptors (Lipinski definition) is 5. The number of benzene rings is 2. The van der Waals surface area contributed by atoms with Crippen LogP contribution in [0.2, 0.25) is 0 Å². The van der Waals surface area contributed by atoms with Crippen LogP contribution in [0.1, 0.15) is 36.0 Å². The van der Waals surface area contributed by atoms with E-state index in [1.165, 1.54) is 11.0 Å². The van der Waals surface area contributed by atoms with Gasteiger partial charge in [0.15, 0.2) is 0 Å². The third-order valence-corrected chi connectivity index (χ3v) is 6.00. The van der Waals surface area contributed by atoms with Crippen LogP contribution in [0.4, 0.5) is 13.2 Å². The molecular formula is C26H32F3N3O4.